The predicted octanol–water partition coefficient (Wildman–Crippen LogP) is 1.28. The summed E-state index contributed by atoms with van der Waals surface area (Å²) in [6.07, 6.45) is -1.17. The van der Waals surface area contributed by atoms with E-state index in [1.165, 1.54) is 12.2 Å². The number of rotatable bonds is 5. The van der Waals surface area contributed by atoms with Gasteiger partial charge in [0.2, 0.25) is 0 Å². The zero-order chi connectivity index (χ0) is 20.1. The zero-order valence-corrected chi connectivity index (χ0v) is 15.3. The first kappa shape index (κ1) is 21.6. The molecule has 0 aliphatic carbocycles. The predicted molar refractivity (Wildman–Crippen MR) is 88.6 cm³/mol. The molecule has 0 saturated carbocycles. The van der Waals surface area contributed by atoms with Crippen LogP contribution < -0.4 is 10.6 Å². The van der Waals surface area contributed by atoms with E-state index in [4.69, 9.17) is 14.2 Å². The minimum absolute atomic E-state index is 0.0745. The molecular formula is C17H25F3N2O5. The van der Waals surface area contributed by atoms with E-state index in [0.29, 0.717) is 26.1 Å². The number of carbonyl (C=O) groups is 2. The molecule has 1 spiro atoms. The molecule has 2 heterocycles. The lowest BCUT2D eigenvalue weighted by molar-refractivity contribution is -0.309. The van der Waals surface area contributed by atoms with E-state index >= 15 is 0 Å². The van der Waals surface area contributed by atoms with E-state index in [9.17, 15) is 22.8 Å². The van der Waals surface area contributed by atoms with E-state index < -0.39 is 35.8 Å². The van der Waals surface area contributed by atoms with Crippen molar-refractivity contribution in [2.75, 3.05) is 26.4 Å². The molecule has 0 unspecified atom stereocenters. The number of esters is 1. The molecule has 2 aliphatic heterocycles. The Bertz CT molecular complexity index is 561. The monoisotopic (exact) mass is 394 g/mol. The van der Waals surface area contributed by atoms with Crippen molar-refractivity contribution in [3.63, 3.8) is 0 Å². The summed E-state index contributed by atoms with van der Waals surface area (Å²) in [4.78, 5) is 22.9. The molecule has 1 amide bonds. The molecule has 27 heavy (non-hydrogen) atoms. The third kappa shape index (κ3) is 5.66. The summed E-state index contributed by atoms with van der Waals surface area (Å²) in [7, 11) is 0. The summed E-state index contributed by atoms with van der Waals surface area (Å²) in [5.41, 5.74) is 0. The number of hydrogen-bond acceptors (Lipinski definition) is 6. The van der Waals surface area contributed by atoms with Crippen LogP contribution in [0.15, 0.2) is 12.2 Å². The maximum absolute atomic E-state index is 12.6. The fourth-order valence-corrected chi connectivity index (χ4v) is 3.43. The number of amides is 1. The highest BCUT2D eigenvalue weighted by molar-refractivity contribution is 5.82. The summed E-state index contributed by atoms with van der Waals surface area (Å²) in [5, 5.41) is 5.12. The Morgan fingerprint density at radius 3 is 2.59 bits per heavy atom. The van der Waals surface area contributed by atoms with E-state index in [2.05, 4.69) is 5.32 Å². The first-order valence-electron chi connectivity index (χ1n) is 8.92. The van der Waals surface area contributed by atoms with Gasteiger partial charge in [0.25, 0.3) is 0 Å². The molecule has 2 fully saturated rings. The summed E-state index contributed by atoms with van der Waals surface area (Å²) >= 11 is 0. The van der Waals surface area contributed by atoms with Gasteiger partial charge in [0.1, 0.15) is 0 Å². The van der Waals surface area contributed by atoms with Gasteiger partial charge < -0.3 is 24.8 Å². The van der Waals surface area contributed by atoms with Crippen LogP contribution in [0.25, 0.3) is 0 Å². The number of piperidine rings is 1. The molecule has 2 saturated heterocycles. The number of alkyl halides is 3. The standard InChI is InChI=1S/C17H25F3N2O5/c1-3-25-14(23)6-5-13-12(10-21-15(24)17(18,19)20)16(9-11(2)22-13)26-7-4-8-27-16/h5-6,11-13,22H,3-4,7-10H2,1-2H3,(H,21,24)/b6-5+/t11-,12+,13+/m1/s1. The lowest BCUT2D eigenvalue weighted by atomic mass is 9.81. The number of ether oxygens (including phenoxy) is 3. The second-order valence-electron chi connectivity index (χ2n) is 6.59. The van der Waals surface area contributed by atoms with Crippen LogP contribution in [0, 0.1) is 5.92 Å². The average molecular weight is 394 g/mol. The molecule has 0 aromatic rings. The van der Waals surface area contributed by atoms with Crippen molar-refractivity contribution in [3.8, 4) is 0 Å². The molecule has 2 N–H and O–H groups in total. The second kappa shape index (κ2) is 9.03. The first-order valence-corrected chi connectivity index (χ1v) is 8.92. The number of hydrogen-bond donors (Lipinski definition) is 2. The van der Waals surface area contributed by atoms with Gasteiger partial charge in [0.05, 0.1) is 19.8 Å². The zero-order valence-electron chi connectivity index (χ0n) is 15.3. The van der Waals surface area contributed by atoms with Crippen LogP contribution in [0.2, 0.25) is 0 Å². The van der Waals surface area contributed by atoms with Gasteiger partial charge in [-0.05, 0) is 20.3 Å². The van der Waals surface area contributed by atoms with Crippen molar-refractivity contribution in [3.05, 3.63) is 12.2 Å². The number of carbonyl (C=O) groups excluding carboxylic acids is 2. The van der Waals surface area contributed by atoms with Crippen molar-refractivity contribution in [1.82, 2.24) is 10.6 Å². The van der Waals surface area contributed by atoms with E-state index in [1.807, 2.05) is 12.2 Å². The Labute approximate surface area is 155 Å². The molecular weight excluding hydrogens is 369 g/mol. The van der Waals surface area contributed by atoms with Crippen LogP contribution in [0.4, 0.5) is 13.2 Å². The van der Waals surface area contributed by atoms with Gasteiger partial charge in [-0.25, -0.2) is 4.79 Å². The molecule has 2 rings (SSSR count). The minimum Gasteiger partial charge on any atom is -0.463 e. The fourth-order valence-electron chi connectivity index (χ4n) is 3.43. The van der Waals surface area contributed by atoms with Gasteiger partial charge in [-0.2, -0.15) is 13.2 Å². The molecule has 10 heteroatoms. The largest absolute Gasteiger partial charge is 0.471 e. The highest BCUT2D eigenvalue weighted by atomic mass is 19.4. The topological polar surface area (TPSA) is 85.9 Å². The van der Waals surface area contributed by atoms with Crippen molar-refractivity contribution >= 4 is 11.9 Å². The smallest absolute Gasteiger partial charge is 0.463 e. The van der Waals surface area contributed by atoms with Crippen molar-refractivity contribution in [2.24, 2.45) is 5.92 Å². The highest BCUT2D eigenvalue weighted by Gasteiger charge is 2.51. The van der Waals surface area contributed by atoms with E-state index in [0.717, 1.165) is 0 Å². The van der Waals surface area contributed by atoms with Crippen LogP contribution in [0.1, 0.15) is 26.7 Å². The van der Waals surface area contributed by atoms with E-state index in [-0.39, 0.29) is 19.2 Å². The molecule has 0 aromatic heterocycles. The quantitative estimate of drug-likeness (QED) is 0.540. The Balaban J connectivity index is 2.21. The summed E-state index contributed by atoms with van der Waals surface area (Å²) in [6, 6.07) is -0.626. The Kier molecular flexibility index (Phi) is 7.24. The van der Waals surface area contributed by atoms with Gasteiger partial charge >= 0.3 is 18.1 Å². The molecule has 0 aromatic carbocycles. The van der Waals surface area contributed by atoms with Crippen LogP contribution in [-0.4, -0.2) is 62.3 Å². The number of halogens is 3. The molecule has 7 nitrogen and oxygen atoms in total. The van der Waals surface area contributed by atoms with Gasteiger partial charge in [0, 0.05) is 37.0 Å². The Morgan fingerprint density at radius 2 is 2.00 bits per heavy atom. The SMILES string of the molecule is CCOC(=O)/C=C/[C@@H]1N[C@H](C)CC2(OCCCO2)[C@H]1CNC(=O)C(F)(F)F. The van der Waals surface area contributed by atoms with Crippen molar-refractivity contribution in [2.45, 2.75) is 50.7 Å². The lowest BCUT2D eigenvalue weighted by Gasteiger charge is -2.50. The van der Waals surface area contributed by atoms with Gasteiger partial charge in [-0.15, -0.1) is 0 Å². The number of nitrogens with one attached hydrogen (secondary N) is 2. The van der Waals surface area contributed by atoms with Gasteiger partial charge in [-0.3, -0.25) is 4.79 Å². The first-order chi connectivity index (χ1) is 12.7. The van der Waals surface area contributed by atoms with Gasteiger partial charge in [0.15, 0.2) is 5.79 Å². The summed E-state index contributed by atoms with van der Waals surface area (Å²) in [6.45, 7) is 4.25. The van der Waals surface area contributed by atoms with Crippen molar-refractivity contribution in [1.29, 1.82) is 0 Å². The average Bonchev–Trinajstić information content (AvgIpc) is 2.59. The lowest BCUT2D eigenvalue weighted by Crippen LogP contribution is -2.65. The molecule has 0 bridgehead atoms. The third-order valence-electron chi connectivity index (χ3n) is 4.51. The van der Waals surface area contributed by atoms with Crippen molar-refractivity contribution < 1.29 is 37.0 Å². The molecule has 0 radical (unpaired) electrons. The van der Waals surface area contributed by atoms with Crippen LogP contribution in [0.3, 0.4) is 0 Å². The minimum atomic E-state index is -4.98. The maximum Gasteiger partial charge on any atom is 0.471 e. The fraction of sp³-hybridized carbons (Fsp3) is 0.765. The Morgan fingerprint density at radius 1 is 1.33 bits per heavy atom. The molecule has 2 aliphatic rings. The summed E-state index contributed by atoms with van der Waals surface area (Å²) < 4.78 is 54.2. The van der Waals surface area contributed by atoms with Crippen LogP contribution in [-0.2, 0) is 23.8 Å². The normalized spacial score (nSPS) is 28.3. The van der Waals surface area contributed by atoms with Crippen LogP contribution >= 0.6 is 0 Å². The Hall–Kier alpha value is -1.65. The summed E-state index contributed by atoms with van der Waals surface area (Å²) in [5.74, 6) is -4.38. The maximum atomic E-state index is 12.6. The van der Waals surface area contributed by atoms with E-state index in [1.54, 1.807) is 6.92 Å². The second-order valence-corrected chi connectivity index (χ2v) is 6.59. The molecule has 154 valence electrons. The van der Waals surface area contributed by atoms with Crippen LogP contribution in [0.5, 0.6) is 0 Å². The molecule has 3 atom stereocenters. The van der Waals surface area contributed by atoms with Gasteiger partial charge in [-0.1, -0.05) is 6.08 Å². The third-order valence-corrected chi connectivity index (χ3v) is 4.51. The highest BCUT2D eigenvalue weighted by Crippen LogP contribution is 2.38.